The molecule has 1 amide bonds. The topological polar surface area (TPSA) is 55.4 Å². The predicted octanol–water partition coefficient (Wildman–Crippen LogP) is 2.70. The van der Waals surface area contributed by atoms with Crippen molar-refractivity contribution >= 4 is 29.3 Å². The van der Waals surface area contributed by atoms with E-state index in [1.165, 1.54) is 37.1 Å². The zero-order chi connectivity index (χ0) is 15.0. The maximum atomic E-state index is 12.9. The van der Waals surface area contributed by atoms with Crippen LogP contribution in [0.15, 0.2) is 24.3 Å². The highest BCUT2D eigenvalue weighted by atomic mass is 32.2. The van der Waals surface area contributed by atoms with Crippen molar-refractivity contribution < 1.29 is 18.7 Å². The van der Waals surface area contributed by atoms with E-state index in [1.54, 1.807) is 13.0 Å². The number of nitrogens with one attached hydrogen (secondary N) is 1. The normalized spacial score (nSPS) is 11.8. The van der Waals surface area contributed by atoms with E-state index in [4.69, 9.17) is 0 Å². The van der Waals surface area contributed by atoms with Gasteiger partial charge in [0.2, 0.25) is 5.91 Å². The molecule has 1 rings (SSSR count). The minimum Gasteiger partial charge on any atom is -0.469 e. The molecule has 0 radical (unpaired) electrons. The van der Waals surface area contributed by atoms with Gasteiger partial charge in [0.25, 0.3) is 0 Å². The summed E-state index contributed by atoms with van der Waals surface area (Å²) in [7, 11) is 1.36. The average molecular weight is 299 g/mol. The Balaban J connectivity index is 2.22. The van der Waals surface area contributed by atoms with Gasteiger partial charge in [-0.15, -0.1) is 0 Å². The van der Waals surface area contributed by atoms with E-state index in [0.717, 1.165) is 0 Å². The van der Waals surface area contributed by atoms with Gasteiger partial charge >= 0.3 is 5.97 Å². The van der Waals surface area contributed by atoms with Crippen LogP contribution >= 0.6 is 11.8 Å². The molecule has 4 nitrogen and oxygen atoms in total. The summed E-state index contributed by atoms with van der Waals surface area (Å²) in [4.78, 5) is 22.8. The summed E-state index contributed by atoms with van der Waals surface area (Å²) >= 11 is 1.51. The Morgan fingerprint density at radius 2 is 2.20 bits per heavy atom. The monoisotopic (exact) mass is 299 g/mol. The van der Waals surface area contributed by atoms with E-state index in [1.807, 2.05) is 0 Å². The molecular weight excluding hydrogens is 281 g/mol. The first kappa shape index (κ1) is 16.5. The second kappa shape index (κ2) is 8.58. The van der Waals surface area contributed by atoms with Crippen LogP contribution in [0.4, 0.5) is 10.1 Å². The third-order valence-corrected chi connectivity index (χ3v) is 3.78. The van der Waals surface area contributed by atoms with E-state index in [9.17, 15) is 14.0 Å². The number of rotatable bonds is 7. The van der Waals surface area contributed by atoms with Gasteiger partial charge in [-0.2, -0.15) is 11.8 Å². The first-order chi connectivity index (χ1) is 9.52. The third-order valence-electron chi connectivity index (χ3n) is 2.55. The van der Waals surface area contributed by atoms with Gasteiger partial charge in [-0.3, -0.25) is 9.59 Å². The SMILES string of the molecule is COC(=O)C(C)CSCCC(=O)Nc1cccc(F)c1. The van der Waals surface area contributed by atoms with E-state index >= 15 is 0 Å². The molecule has 1 aromatic rings. The van der Waals surface area contributed by atoms with Crippen LogP contribution in [0.2, 0.25) is 0 Å². The molecule has 0 heterocycles. The van der Waals surface area contributed by atoms with E-state index < -0.39 is 0 Å². The Hall–Kier alpha value is -1.56. The molecule has 0 aromatic heterocycles. The quantitative estimate of drug-likeness (QED) is 0.621. The van der Waals surface area contributed by atoms with Crippen molar-refractivity contribution in [1.82, 2.24) is 0 Å². The van der Waals surface area contributed by atoms with Gasteiger partial charge < -0.3 is 10.1 Å². The van der Waals surface area contributed by atoms with Crippen molar-refractivity contribution in [3.05, 3.63) is 30.1 Å². The zero-order valence-electron chi connectivity index (χ0n) is 11.5. The second-order valence-corrected chi connectivity index (χ2v) is 5.46. The summed E-state index contributed by atoms with van der Waals surface area (Å²) in [6, 6.07) is 5.76. The molecule has 1 N–H and O–H groups in total. The van der Waals surface area contributed by atoms with Gasteiger partial charge in [-0.05, 0) is 18.2 Å². The highest BCUT2D eigenvalue weighted by Gasteiger charge is 2.13. The summed E-state index contributed by atoms with van der Waals surface area (Å²) in [5.41, 5.74) is 0.447. The van der Waals surface area contributed by atoms with E-state index in [-0.39, 0.29) is 23.6 Å². The molecule has 0 aliphatic carbocycles. The molecule has 110 valence electrons. The van der Waals surface area contributed by atoms with E-state index in [2.05, 4.69) is 10.1 Å². The number of esters is 1. The Morgan fingerprint density at radius 1 is 1.45 bits per heavy atom. The van der Waals surface area contributed by atoms with Crippen molar-refractivity contribution in [3.8, 4) is 0 Å². The molecule has 0 spiro atoms. The fraction of sp³-hybridized carbons (Fsp3) is 0.429. The lowest BCUT2D eigenvalue weighted by Gasteiger charge is -2.08. The predicted molar refractivity (Wildman–Crippen MR) is 78.2 cm³/mol. The van der Waals surface area contributed by atoms with Crippen molar-refractivity contribution in [1.29, 1.82) is 0 Å². The van der Waals surface area contributed by atoms with Crippen molar-refractivity contribution in [3.63, 3.8) is 0 Å². The minimum atomic E-state index is -0.385. The van der Waals surface area contributed by atoms with Gasteiger partial charge in [0.1, 0.15) is 5.82 Å². The number of anilines is 1. The molecular formula is C14H18FNO3S. The first-order valence-corrected chi connectivity index (χ1v) is 7.39. The fourth-order valence-corrected chi connectivity index (χ4v) is 2.47. The Kier molecular flexibility index (Phi) is 7.08. The summed E-state index contributed by atoms with van der Waals surface area (Å²) in [5.74, 6) is 0.221. The molecule has 0 fully saturated rings. The summed E-state index contributed by atoms with van der Waals surface area (Å²) in [6.45, 7) is 1.78. The molecule has 1 unspecified atom stereocenters. The molecule has 6 heteroatoms. The van der Waals surface area contributed by atoms with Crippen LogP contribution < -0.4 is 5.32 Å². The van der Waals surface area contributed by atoms with E-state index in [0.29, 0.717) is 23.6 Å². The standard InChI is InChI=1S/C14H18FNO3S/c1-10(14(18)19-2)9-20-7-6-13(17)16-12-5-3-4-11(15)8-12/h3-5,8,10H,6-7,9H2,1-2H3,(H,16,17). The lowest BCUT2D eigenvalue weighted by Crippen LogP contribution is -2.16. The molecule has 0 saturated carbocycles. The Labute approximate surface area is 122 Å². The average Bonchev–Trinajstić information content (AvgIpc) is 2.42. The maximum absolute atomic E-state index is 12.9. The highest BCUT2D eigenvalue weighted by Crippen LogP contribution is 2.13. The van der Waals surface area contributed by atoms with Gasteiger partial charge in [-0.25, -0.2) is 4.39 Å². The molecule has 1 atom stereocenters. The number of methoxy groups -OCH3 is 1. The smallest absolute Gasteiger partial charge is 0.309 e. The summed E-state index contributed by atoms with van der Waals surface area (Å²) in [5, 5.41) is 2.62. The number of carbonyl (C=O) groups excluding carboxylic acids is 2. The van der Waals surface area contributed by atoms with Crippen LogP contribution in [0, 0.1) is 11.7 Å². The maximum Gasteiger partial charge on any atom is 0.309 e. The van der Waals surface area contributed by atoms with Gasteiger partial charge in [0, 0.05) is 23.6 Å². The van der Waals surface area contributed by atoms with Crippen LogP contribution in [-0.2, 0) is 14.3 Å². The molecule has 0 saturated heterocycles. The molecule has 0 aliphatic rings. The first-order valence-electron chi connectivity index (χ1n) is 6.24. The summed E-state index contributed by atoms with van der Waals surface area (Å²) < 4.78 is 17.5. The number of ether oxygens (including phenoxy) is 1. The fourth-order valence-electron chi connectivity index (χ4n) is 1.48. The number of hydrogen-bond donors (Lipinski definition) is 1. The number of thioether (sulfide) groups is 1. The Morgan fingerprint density at radius 3 is 2.85 bits per heavy atom. The molecule has 1 aromatic carbocycles. The van der Waals surface area contributed by atoms with Crippen molar-refractivity contribution in [2.24, 2.45) is 5.92 Å². The number of hydrogen-bond acceptors (Lipinski definition) is 4. The lowest BCUT2D eigenvalue weighted by atomic mass is 10.2. The van der Waals surface area contributed by atoms with Crippen LogP contribution in [-0.4, -0.2) is 30.5 Å². The third kappa shape index (κ3) is 6.06. The number of carbonyl (C=O) groups is 2. The second-order valence-electron chi connectivity index (χ2n) is 4.31. The highest BCUT2D eigenvalue weighted by molar-refractivity contribution is 7.99. The molecule has 0 aliphatic heterocycles. The van der Waals surface area contributed by atoms with Crippen LogP contribution in [0.1, 0.15) is 13.3 Å². The minimum absolute atomic E-state index is 0.172. The Bertz CT molecular complexity index is 467. The van der Waals surface area contributed by atoms with Crippen molar-refractivity contribution in [2.45, 2.75) is 13.3 Å². The number of amides is 1. The summed E-state index contributed by atoms with van der Waals surface area (Å²) in [6.07, 6.45) is 0.315. The van der Waals surface area contributed by atoms with Crippen LogP contribution in [0.5, 0.6) is 0 Å². The van der Waals surface area contributed by atoms with Gasteiger partial charge in [-0.1, -0.05) is 13.0 Å². The van der Waals surface area contributed by atoms with Gasteiger partial charge in [0.15, 0.2) is 0 Å². The molecule has 20 heavy (non-hydrogen) atoms. The largest absolute Gasteiger partial charge is 0.469 e. The zero-order valence-corrected chi connectivity index (χ0v) is 12.3. The van der Waals surface area contributed by atoms with Gasteiger partial charge in [0.05, 0.1) is 13.0 Å². The van der Waals surface area contributed by atoms with Crippen LogP contribution in [0.3, 0.4) is 0 Å². The number of benzene rings is 1. The lowest BCUT2D eigenvalue weighted by molar-refractivity contribution is -0.144. The van der Waals surface area contributed by atoms with Crippen LogP contribution in [0.25, 0.3) is 0 Å². The number of halogens is 1. The molecule has 0 bridgehead atoms. The van der Waals surface area contributed by atoms with Crippen molar-refractivity contribution in [2.75, 3.05) is 23.9 Å².